The van der Waals surface area contributed by atoms with Crippen LogP contribution in [0.15, 0.2) is 30.3 Å². The van der Waals surface area contributed by atoms with Gasteiger partial charge in [0.2, 0.25) is 0 Å². The molecule has 2 heterocycles. The van der Waals surface area contributed by atoms with Gasteiger partial charge in [-0.25, -0.2) is 4.39 Å². The number of aliphatic hydroxyl groups is 1. The zero-order valence-electron chi connectivity index (χ0n) is 21.5. The van der Waals surface area contributed by atoms with E-state index in [0.29, 0.717) is 0 Å². The first-order chi connectivity index (χ1) is 18.3. The quantitative estimate of drug-likeness (QED) is 0.503. The number of fused-ring (bicyclic) bond motifs is 2. The third-order valence-corrected chi connectivity index (χ3v) is 7.78. The summed E-state index contributed by atoms with van der Waals surface area (Å²) in [4.78, 5) is 14.8. The molecule has 0 spiro atoms. The van der Waals surface area contributed by atoms with Crippen molar-refractivity contribution in [3.8, 4) is 11.5 Å². The van der Waals surface area contributed by atoms with Crippen LogP contribution in [0.3, 0.4) is 0 Å². The molecule has 0 bridgehead atoms. The summed E-state index contributed by atoms with van der Waals surface area (Å²) in [6.45, 7) is 2.09. The van der Waals surface area contributed by atoms with Gasteiger partial charge >= 0.3 is 5.92 Å². The van der Waals surface area contributed by atoms with Crippen molar-refractivity contribution >= 4 is 5.91 Å². The van der Waals surface area contributed by atoms with Gasteiger partial charge in [0.25, 0.3) is 5.91 Å². The van der Waals surface area contributed by atoms with Gasteiger partial charge in [0.15, 0.2) is 17.3 Å². The molecule has 0 unspecified atom stereocenters. The van der Waals surface area contributed by atoms with E-state index < -0.39 is 36.2 Å². The molecule has 2 aliphatic heterocycles. The van der Waals surface area contributed by atoms with Gasteiger partial charge < -0.3 is 24.8 Å². The molecule has 0 radical (unpaired) electrons. The minimum Gasteiger partial charge on any atom is -0.486 e. The highest BCUT2D eigenvalue weighted by molar-refractivity contribution is 5.83. The molecule has 1 amide bonds. The maximum atomic E-state index is 15.1. The maximum Gasteiger partial charge on any atom is 0.324 e. The van der Waals surface area contributed by atoms with Crippen LogP contribution in [0.5, 0.6) is 11.5 Å². The van der Waals surface area contributed by atoms with Gasteiger partial charge in [0, 0.05) is 13.0 Å². The van der Waals surface area contributed by atoms with Crippen molar-refractivity contribution in [1.82, 2.24) is 10.2 Å². The molecule has 1 fully saturated rings. The lowest BCUT2D eigenvalue weighted by Gasteiger charge is -2.30. The molecule has 2 aromatic carbocycles. The second-order valence-corrected chi connectivity index (χ2v) is 10.6. The van der Waals surface area contributed by atoms with Crippen LogP contribution < -0.4 is 14.8 Å². The van der Waals surface area contributed by atoms with Gasteiger partial charge in [-0.15, -0.1) is 0 Å². The SMILES string of the molecule is O=C(N[C@H](CN1CCCC1)[C@H](O)c1cc(F)c2c(c1)OCCO2)C(F)(F)CCc1ccc2c(c1)CCCC2. The Hall–Kier alpha value is -2.78. The highest BCUT2D eigenvalue weighted by atomic mass is 19.3. The Balaban J connectivity index is 1.29. The molecule has 2 N–H and O–H groups in total. The number of amides is 1. The summed E-state index contributed by atoms with van der Waals surface area (Å²) in [6.07, 6.45) is 4.14. The smallest absolute Gasteiger partial charge is 0.324 e. The van der Waals surface area contributed by atoms with Crippen molar-refractivity contribution in [3.63, 3.8) is 0 Å². The van der Waals surface area contributed by atoms with Crippen LogP contribution in [0, 0.1) is 5.82 Å². The van der Waals surface area contributed by atoms with Crippen molar-refractivity contribution in [2.24, 2.45) is 0 Å². The number of carbonyl (C=O) groups excluding carboxylic acids is 1. The number of nitrogens with one attached hydrogen (secondary N) is 1. The number of hydrogen-bond acceptors (Lipinski definition) is 5. The Kier molecular flexibility index (Phi) is 8.14. The predicted octanol–water partition coefficient (Wildman–Crippen LogP) is 4.36. The van der Waals surface area contributed by atoms with Gasteiger partial charge in [0.05, 0.1) is 6.04 Å². The summed E-state index contributed by atoms with van der Waals surface area (Å²) in [5.74, 6) is -5.67. The molecular formula is C29H35F3N2O4. The maximum absolute atomic E-state index is 15.1. The summed E-state index contributed by atoms with van der Waals surface area (Å²) in [5.41, 5.74) is 3.41. The molecule has 0 saturated carbocycles. The third kappa shape index (κ3) is 6.10. The average Bonchev–Trinajstić information content (AvgIpc) is 3.44. The Morgan fingerprint density at radius 2 is 1.76 bits per heavy atom. The van der Waals surface area contributed by atoms with Crippen LogP contribution in [0.1, 0.15) is 60.5 Å². The van der Waals surface area contributed by atoms with Gasteiger partial charge in [-0.1, -0.05) is 18.2 Å². The zero-order valence-corrected chi connectivity index (χ0v) is 21.5. The first-order valence-corrected chi connectivity index (χ1v) is 13.6. The molecule has 2 aromatic rings. The Morgan fingerprint density at radius 3 is 2.55 bits per heavy atom. The molecule has 38 heavy (non-hydrogen) atoms. The number of aliphatic hydroxyl groups excluding tert-OH is 1. The summed E-state index contributed by atoms with van der Waals surface area (Å²) >= 11 is 0. The van der Waals surface area contributed by atoms with E-state index in [-0.39, 0.29) is 43.2 Å². The van der Waals surface area contributed by atoms with Gasteiger partial charge in [-0.2, -0.15) is 8.78 Å². The lowest BCUT2D eigenvalue weighted by molar-refractivity contribution is -0.148. The zero-order chi connectivity index (χ0) is 26.7. The van der Waals surface area contributed by atoms with Crippen LogP contribution in [0.4, 0.5) is 13.2 Å². The Morgan fingerprint density at radius 1 is 1.03 bits per heavy atom. The lowest BCUT2D eigenvalue weighted by atomic mass is 9.89. The number of halogens is 3. The first kappa shape index (κ1) is 26.8. The van der Waals surface area contributed by atoms with Crippen molar-refractivity contribution < 1.29 is 32.5 Å². The lowest BCUT2D eigenvalue weighted by Crippen LogP contribution is -2.51. The second kappa shape index (κ2) is 11.5. The number of rotatable bonds is 9. The summed E-state index contributed by atoms with van der Waals surface area (Å²) in [5, 5.41) is 13.5. The van der Waals surface area contributed by atoms with Crippen molar-refractivity contribution in [2.75, 3.05) is 32.8 Å². The third-order valence-electron chi connectivity index (χ3n) is 7.78. The minimum atomic E-state index is -3.63. The topological polar surface area (TPSA) is 71.0 Å². The summed E-state index contributed by atoms with van der Waals surface area (Å²) in [7, 11) is 0. The van der Waals surface area contributed by atoms with E-state index >= 15 is 8.78 Å². The van der Waals surface area contributed by atoms with Gasteiger partial charge in [0.1, 0.15) is 19.3 Å². The fraction of sp³-hybridized carbons (Fsp3) is 0.552. The number of ether oxygens (including phenoxy) is 2. The number of hydrogen-bond donors (Lipinski definition) is 2. The summed E-state index contributed by atoms with van der Waals surface area (Å²) < 4.78 is 55.5. The number of benzene rings is 2. The van der Waals surface area contributed by atoms with E-state index in [4.69, 9.17) is 9.47 Å². The van der Waals surface area contributed by atoms with Crippen molar-refractivity contribution in [2.45, 2.75) is 69.4 Å². The standard InChI is InChI=1S/C29H35F3N2O4/c30-23-16-22(17-25-27(23)38-14-13-37-25)26(35)24(18-34-11-3-4-12-34)33-28(36)29(31,32)10-9-19-7-8-20-5-1-2-6-21(20)15-19/h7-8,15-17,24,26,35H,1-6,9-14,18H2,(H,33,36)/t24-,26-/m1/s1. The van der Waals surface area contributed by atoms with Gasteiger partial charge in [-0.3, -0.25) is 4.79 Å². The van der Waals surface area contributed by atoms with Crippen LogP contribution in [-0.2, 0) is 24.1 Å². The molecule has 3 aliphatic rings. The minimum absolute atomic E-state index is 0.0407. The number of nitrogens with zero attached hydrogens (tertiary/aromatic N) is 1. The predicted molar refractivity (Wildman–Crippen MR) is 136 cm³/mol. The normalized spacial score (nSPS) is 19.1. The molecule has 5 rings (SSSR count). The molecule has 6 nitrogen and oxygen atoms in total. The van der Waals surface area contributed by atoms with E-state index in [1.54, 1.807) is 0 Å². The fourth-order valence-corrected chi connectivity index (χ4v) is 5.63. The highest BCUT2D eigenvalue weighted by Crippen LogP contribution is 2.37. The Labute approximate surface area is 221 Å². The van der Waals surface area contributed by atoms with E-state index in [1.165, 1.54) is 17.2 Å². The number of carbonyl (C=O) groups is 1. The Bertz CT molecular complexity index is 1150. The number of aryl methyl sites for hydroxylation is 3. The summed E-state index contributed by atoms with van der Waals surface area (Å²) in [6, 6.07) is 7.36. The first-order valence-electron chi connectivity index (χ1n) is 13.6. The average molecular weight is 533 g/mol. The highest BCUT2D eigenvalue weighted by Gasteiger charge is 2.41. The molecule has 1 aliphatic carbocycles. The van der Waals surface area contributed by atoms with Crippen LogP contribution >= 0.6 is 0 Å². The fourth-order valence-electron chi connectivity index (χ4n) is 5.63. The second-order valence-electron chi connectivity index (χ2n) is 10.6. The van der Waals surface area contributed by atoms with Crippen LogP contribution in [0.2, 0.25) is 0 Å². The van der Waals surface area contributed by atoms with E-state index in [1.807, 2.05) is 23.1 Å². The molecule has 206 valence electrons. The van der Waals surface area contributed by atoms with Crippen LogP contribution in [0.25, 0.3) is 0 Å². The molecular weight excluding hydrogens is 497 g/mol. The van der Waals surface area contributed by atoms with E-state index in [2.05, 4.69) is 5.32 Å². The van der Waals surface area contributed by atoms with E-state index in [0.717, 1.165) is 63.2 Å². The molecule has 2 atom stereocenters. The number of likely N-dealkylation sites (tertiary alicyclic amines) is 1. The number of alkyl halides is 2. The van der Waals surface area contributed by atoms with Crippen molar-refractivity contribution in [1.29, 1.82) is 0 Å². The largest absolute Gasteiger partial charge is 0.486 e. The molecule has 0 aromatic heterocycles. The van der Waals surface area contributed by atoms with Crippen molar-refractivity contribution in [3.05, 3.63) is 58.4 Å². The van der Waals surface area contributed by atoms with Crippen LogP contribution in [-0.4, -0.2) is 60.7 Å². The molecule has 9 heteroatoms. The van der Waals surface area contributed by atoms with Gasteiger partial charge in [-0.05, 0) is 92.4 Å². The monoisotopic (exact) mass is 532 g/mol. The molecule has 1 saturated heterocycles. The van der Waals surface area contributed by atoms with E-state index in [9.17, 15) is 14.3 Å².